The largest absolute Gasteiger partial charge is 0.326 e. The first-order valence-electron chi connectivity index (χ1n) is 5.86. The Balaban J connectivity index is 2.15. The summed E-state index contributed by atoms with van der Waals surface area (Å²) in [6, 6.07) is 11.8. The van der Waals surface area contributed by atoms with E-state index in [0.717, 1.165) is 5.56 Å². The molecule has 19 heavy (non-hydrogen) atoms. The molecule has 0 bridgehead atoms. The van der Waals surface area contributed by atoms with Crippen molar-refractivity contribution in [1.82, 2.24) is 0 Å². The summed E-state index contributed by atoms with van der Waals surface area (Å²) in [4.78, 5) is 12.0. The molecule has 0 amide bonds. The molecule has 0 saturated carbocycles. The third-order valence-corrected chi connectivity index (χ3v) is 3.37. The second-order valence-electron chi connectivity index (χ2n) is 4.24. The molecule has 0 atom stereocenters. The maximum Gasteiger partial charge on any atom is 0.167 e. The minimum atomic E-state index is -0.374. The Labute approximate surface area is 119 Å². The van der Waals surface area contributed by atoms with E-state index >= 15 is 0 Å². The molecule has 0 saturated heterocycles. The summed E-state index contributed by atoms with van der Waals surface area (Å²) in [6.45, 7) is 0.440. The zero-order chi connectivity index (χ0) is 13.8. The molecule has 4 heteroatoms. The highest BCUT2D eigenvalue weighted by Crippen LogP contribution is 2.17. The van der Waals surface area contributed by atoms with E-state index in [1.165, 1.54) is 6.07 Å². The van der Waals surface area contributed by atoms with Gasteiger partial charge in [-0.05, 0) is 23.3 Å². The van der Waals surface area contributed by atoms with Crippen molar-refractivity contribution in [2.24, 2.45) is 5.73 Å². The van der Waals surface area contributed by atoms with Crippen molar-refractivity contribution in [3.63, 3.8) is 0 Å². The summed E-state index contributed by atoms with van der Waals surface area (Å²) in [6.07, 6.45) is 0.0566. The molecular weight excluding hydrogens is 309 g/mol. The van der Waals surface area contributed by atoms with Gasteiger partial charge in [0, 0.05) is 23.0 Å². The number of carbonyl (C=O) groups is 1. The van der Waals surface area contributed by atoms with E-state index in [4.69, 9.17) is 5.73 Å². The van der Waals surface area contributed by atoms with Crippen LogP contribution in [0.4, 0.5) is 4.39 Å². The summed E-state index contributed by atoms with van der Waals surface area (Å²) in [7, 11) is 0. The number of hydrogen-bond acceptors (Lipinski definition) is 2. The third kappa shape index (κ3) is 3.49. The number of Topliss-reactive ketones (excluding diaryl/α,β-unsaturated/α-hetero) is 1. The van der Waals surface area contributed by atoms with Gasteiger partial charge in [-0.2, -0.15) is 0 Å². The van der Waals surface area contributed by atoms with E-state index in [1.807, 2.05) is 12.1 Å². The molecule has 0 aliphatic carbocycles. The number of benzene rings is 2. The Morgan fingerprint density at radius 2 is 1.84 bits per heavy atom. The first-order valence-corrected chi connectivity index (χ1v) is 6.65. The van der Waals surface area contributed by atoms with Gasteiger partial charge in [0.2, 0.25) is 0 Å². The topological polar surface area (TPSA) is 43.1 Å². The van der Waals surface area contributed by atoms with Crippen LogP contribution in [-0.2, 0) is 13.0 Å². The molecule has 0 unspecified atom stereocenters. The number of nitrogens with two attached hydrogens (primary N) is 1. The number of ketones is 1. The van der Waals surface area contributed by atoms with Crippen molar-refractivity contribution >= 4 is 21.7 Å². The molecule has 2 N–H and O–H groups in total. The Hall–Kier alpha value is -1.52. The van der Waals surface area contributed by atoms with Gasteiger partial charge in [0.1, 0.15) is 5.82 Å². The predicted molar refractivity (Wildman–Crippen MR) is 76.5 cm³/mol. The number of hydrogen-bond donors (Lipinski definition) is 1. The highest BCUT2D eigenvalue weighted by atomic mass is 79.9. The molecule has 0 aliphatic rings. The predicted octanol–water partition coefficient (Wildman–Crippen LogP) is 3.47. The first kappa shape index (κ1) is 13.9. The second-order valence-corrected chi connectivity index (χ2v) is 5.15. The van der Waals surface area contributed by atoms with Gasteiger partial charge in [-0.1, -0.05) is 46.3 Å². The van der Waals surface area contributed by atoms with E-state index in [2.05, 4.69) is 15.9 Å². The summed E-state index contributed by atoms with van der Waals surface area (Å²) >= 11 is 3.19. The van der Waals surface area contributed by atoms with Gasteiger partial charge in [0.05, 0.1) is 0 Å². The molecule has 2 aromatic rings. The van der Waals surface area contributed by atoms with Crippen LogP contribution >= 0.6 is 15.9 Å². The standard InChI is InChI=1S/C15H13BrFNO/c16-13-6-5-12(14(17)8-13)7-15(19)11-3-1-10(9-18)2-4-11/h1-6,8H,7,9,18H2. The molecule has 2 rings (SSSR count). The summed E-state index contributed by atoms with van der Waals surface area (Å²) in [5, 5.41) is 0. The lowest BCUT2D eigenvalue weighted by Gasteiger charge is -2.04. The van der Waals surface area contributed by atoms with Crippen LogP contribution in [0.2, 0.25) is 0 Å². The van der Waals surface area contributed by atoms with Crippen molar-refractivity contribution in [3.8, 4) is 0 Å². The van der Waals surface area contributed by atoms with Gasteiger partial charge in [0.25, 0.3) is 0 Å². The minimum absolute atomic E-state index is 0.0566. The molecule has 0 aromatic heterocycles. The lowest BCUT2D eigenvalue weighted by atomic mass is 10.0. The van der Waals surface area contributed by atoms with Gasteiger partial charge in [-0.25, -0.2) is 4.39 Å². The van der Waals surface area contributed by atoms with Crippen molar-refractivity contribution in [1.29, 1.82) is 0 Å². The lowest BCUT2D eigenvalue weighted by molar-refractivity contribution is 0.0992. The fourth-order valence-electron chi connectivity index (χ4n) is 1.77. The van der Waals surface area contributed by atoms with Crippen LogP contribution in [0.5, 0.6) is 0 Å². The van der Waals surface area contributed by atoms with Crippen molar-refractivity contribution in [2.75, 3.05) is 0 Å². The van der Waals surface area contributed by atoms with Crippen molar-refractivity contribution in [2.45, 2.75) is 13.0 Å². The average molecular weight is 322 g/mol. The van der Waals surface area contributed by atoms with Crippen molar-refractivity contribution in [3.05, 3.63) is 69.4 Å². The summed E-state index contributed by atoms with van der Waals surface area (Å²) in [5.74, 6) is -0.480. The third-order valence-electron chi connectivity index (χ3n) is 2.88. The summed E-state index contributed by atoms with van der Waals surface area (Å²) in [5.41, 5.74) is 7.43. The number of halogens is 2. The fraction of sp³-hybridized carbons (Fsp3) is 0.133. The smallest absolute Gasteiger partial charge is 0.167 e. The van der Waals surface area contributed by atoms with E-state index in [9.17, 15) is 9.18 Å². The highest BCUT2D eigenvalue weighted by Gasteiger charge is 2.10. The van der Waals surface area contributed by atoms with Gasteiger partial charge < -0.3 is 5.73 Å². The average Bonchev–Trinajstić information content (AvgIpc) is 2.42. The molecule has 0 heterocycles. The molecule has 0 fully saturated rings. The van der Waals surface area contributed by atoms with Gasteiger partial charge >= 0.3 is 0 Å². The molecule has 2 aromatic carbocycles. The zero-order valence-corrected chi connectivity index (χ0v) is 11.8. The second kappa shape index (κ2) is 6.08. The maximum absolute atomic E-state index is 13.6. The van der Waals surface area contributed by atoms with Crippen LogP contribution in [0.1, 0.15) is 21.5 Å². The molecule has 2 nitrogen and oxygen atoms in total. The fourth-order valence-corrected chi connectivity index (χ4v) is 2.10. The van der Waals surface area contributed by atoms with E-state index in [1.54, 1.807) is 24.3 Å². The van der Waals surface area contributed by atoms with Crippen molar-refractivity contribution < 1.29 is 9.18 Å². The zero-order valence-electron chi connectivity index (χ0n) is 10.2. The quantitative estimate of drug-likeness (QED) is 0.876. The number of rotatable bonds is 4. The van der Waals surface area contributed by atoms with E-state index < -0.39 is 0 Å². The van der Waals surface area contributed by atoms with Crippen LogP contribution in [0, 0.1) is 5.82 Å². The minimum Gasteiger partial charge on any atom is -0.326 e. The molecule has 98 valence electrons. The Kier molecular flexibility index (Phi) is 4.45. The monoisotopic (exact) mass is 321 g/mol. The van der Waals surface area contributed by atoms with Crippen LogP contribution in [-0.4, -0.2) is 5.78 Å². The molecule has 0 radical (unpaired) electrons. The maximum atomic E-state index is 13.6. The van der Waals surface area contributed by atoms with E-state index in [-0.39, 0.29) is 18.0 Å². The molecule has 0 spiro atoms. The normalized spacial score (nSPS) is 10.5. The van der Waals surface area contributed by atoms with Crippen LogP contribution < -0.4 is 5.73 Å². The van der Waals surface area contributed by atoms with Gasteiger partial charge in [-0.3, -0.25) is 4.79 Å². The SMILES string of the molecule is NCc1ccc(C(=O)Cc2ccc(Br)cc2F)cc1. The molecule has 0 aliphatic heterocycles. The Morgan fingerprint density at radius 1 is 1.16 bits per heavy atom. The Morgan fingerprint density at radius 3 is 2.42 bits per heavy atom. The van der Waals surface area contributed by atoms with E-state index in [0.29, 0.717) is 22.1 Å². The number of carbonyl (C=O) groups excluding carboxylic acids is 1. The lowest BCUT2D eigenvalue weighted by Crippen LogP contribution is -2.06. The molecular formula is C15H13BrFNO. The first-order chi connectivity index (χ1) is 9.10. The van der Waals surface area contributed by atoms with Gasteiger partial charge in [0.15, 0.2) is 5.78 Å². The highest BCUT2D eigenvalue weighted by molar-refractivity contribution is 9.10. The summed E-state index contributed by atoms with van der Waals surface area (Å²) < 4.78 is 14.3. The van der Waals surface area contributed by atoms with Crippen LogP contribution in [0.25, 0.3) is 0 Å². The van der Waals surface area contributed by atoms with Gasteiger partial charge in [-0.15, -0.1) is 0 Å². The van der Waals surface area contributed by atoms with Crippen LogP contribution in [0.3, 0.4) is 0 Å². The van der Waals surface area contributed by atoms with Crippen LogP contribution in [0.15, 0.2) is 46.9 Å². The Bertz CT molecular complexity index is 596.